The van der Waals surface area contributed by atoms with Gasteiger partial charge in [0.15, 0.2) is 0 Å². The van der Waals surface area contributed by atoms with Crippen molar-refractivity contribution in [1.29, 1.82) is 0 Å². The Balaban J connectivity index is 2.45. The van der Waals surface area contributed by atoms with Crippen molar-refractivity contribution in [3.63, 3.8) is 0 Å². The summed E-state index contributed by atoms with van der Waals surface area (Å²) in [5.74, 6) is 0. The summed E-state index contributed by atoms with van der Waals surface area (Å²) in [5.41, 5.74) is 0. The molecule has 0 radical (unpaired) electrons. The molecule has 90 valence electrons. The monoisotopic (exact) mass is 252 g/mol. The van der Waals surface area contributed by atoms with Gasteiger partial charge in [-0.15, -0.1) is 0 Å². The predicted octanol–water partition coefficient (Wildman–Crippen LogP) is 4.23. The Kier molecular flexibility index (Phi) is 6.28. The second-order valence-electron chi connectivity index (χ2n) is 3.65. The van der Waals surface area contributed by atoms with Gasteiger partial charge in [-0.05, 0) is 38.1 Å². The van der Waals surface area contributed by atoms with Crippen LogP contribution in [0.25, 0.3) is 0 Å². The van der Waals surface area contributed by atoms with Crippen LogP contribution in [-0.2, 0) is 13.6 Å². The second kappa shape index (κ2) is 6.95. The molecule has 0 saturated heterocycles. The zero-order chi connectivity index (χ0) is 11.1. The van der Waals surface area contributed by atoms with Gasteiger partial charge in [0.2, 0.25) is 0 Å². The van der Waals surface area contributed by atoms with Gasteiger partial charge in [-0.2, -0.15) is 0 Å². The maximum absolute atomic E-state index is 12.2. The largest absolute Gasteiger partial charge is 0.389 e. The summed E-state index contributed by atoms with van der Waals surface area (Å²) >= 11 is 1.43. The first-order chi connectivity index (χ1) is 7.20. The second-order valence-corrected chi connectivity index (χ2v) is 7.91. The Hall–Kier alpha value is 0.500. The molecular weight excluding hydrogens is 231 g/mol. The van der Waals surface area contributed by atoms with E-state index >= 15 is 0 Å². The summed E-state index contributed by atoms with van der Waals surface area (Å²) in [6.07, 6.45) is 6.10. The Morgan fingerprint density at radius 2 is 1.67 bits per heavy atom. The van der Waals surface area contributed by atoms with Crippen molar-refractivity contribution in [2.75, 3.05) is 13.2 Å². The normalized spacial score (nSPS) is 19.3. The third-order valence-corrected chi connectivity index (χ3v) is 6.88. The predicted molar refractivity (Wildman–Crippen MR) is 65.3 cm³/mol. The van der Waals surface area contributed by atoms with E-state index < -0.39 is 6.80 Å². The number of hydrogen-bond acceptors (Lipinski definition) is 4. The smallest absolute Gasteiger partial charge is 0.301 e. The summed E-state index contributed by atoms with van der Waals surface area (Å²) in [5, 5.41) is 0.461. The fourth-order valence-corrected chi connectivity index (χ4v) is 6.23. The van der Waals surface area contributed by atoms with Gasteiger partial charge in [0.05, 0.1) is 13.2 Å². The highest BCUT2D eigenvalue weighted by molar-refractivity contribution is 8.55. The molecule has 1 aliphatic rings. The van der Waals surface area contributed by atoms with Crippen LogP contribution in [0.2, 0.25) is 0 Å². The van der Waals surface area contributed by atoms with E-state index in [2.05, 4.69) is 0 Å². The lowest BCUT2D eigenvalue weighted by Gasteiger charge is -2.24. The molecule has 5 heteroatoms. The molecule has 0 aromatic carbocycles. The van der Waals surface area contributed by atoms with Gasteiger partial charge in [-0.3, -0.25) is 0 Å². The molecule has 0 bridgehead atoms. The Labute approximate surface area is 96.6 Å². The lowest BCUT2D eigenvalue weighted by molar-refractivity contribution is 0.236. The molecule has 0 spiro atoms. The first-order valence-electron chi connectivity index (χ1n) is 5.77. The third kappa shape index (κ3) is 4.90. The Bertz CT molecular complexity index is 207. The first-order valence-corrected chi connectivity index (χ1v) is 8.80. The van der Waals surface area contributed by atoms with Crippen LogP contribution >= 0.6 is 18.2 Å². The Morgan fingerprint density at radius 1 is 1.13 bits per heavy atom. The fourth-order valence-electron chi connectivity index (χ4n) is 1.77. The van der Waals surface area contributed by atoms with Crippen molar-refractivity contribution >= 4 is 18.2 Å². The molecule has 0 aromatic heterocycles. The van der Waals surface area contributed by atoms with Crippen LogP contribution in [0.3, 0.4) is 0 Å². The maximum atomic E-state index is 12.2. The third-order valence-electron chi connectivity index (χ3n) is 2.40. The summed E-state index contributed by atoms with van der Waals surface area (Å²) < 4.78 is 22.7. The van der Waals surface area contributed by atoms with Gasteiger partial charge >= 0.3 is 6.80 Å². The molecule has 0 aromatic rings. The van der Waals surface area contributed by atoms with E-state index in [1.54, 1.807) is 0 Å². The first kappa shape index (κ1) is 13.6. The van der Waals surface area contributed by atoms with Crippen LogP contribution in [0.4, 0.5) is 0 Å². The summed E-state index contributed by atoms with van der Waals surface area (Å²) in [7, 11) is 0. The molecule has 1 aliphatic carbocycles. The molecule has 3 nitrogen and oxygen atoms in total. The van der Waals surface area contributed by atoms with E-state index in [4.69, 9.17) is 9.05 Å². The molecule has 0 aliphatic heterocycles. The standard InChI is InChI=1S/C10H21O3PS/c1-3-12-14(11,13-4-2)15-10-8-6-5-7-9-10/h10H,3-9H2,1-2H3. The highest BCUT2D eigenvalue weighted by atomic mass is 32.7. The van der Waals surface area contributed by atoms with E-state index in [1.807, 2.05) is 13.8 Å². The van der Waals surface area contributed by atoms with Crippen molar-refractivity contribution in [3.05, 3.63) is 0 Å². The molecule has 0 unspecified atom stereocenters. The van der Waals surface area contributed by atoms with Gasteiger partial charge in [0.1, 0.15) is 0 Å². The van der Waals surface area contributed by atoms with Crippen LogP contribution in [0.1, 0.15) is 46.0 Å². The lowest BCUT2D eigenvalue weighted by Crippen LogP contribution is -2.08. The van der Waals surface area contributed by atoms with Crippen LogP contribution < -0.4 is 0 Å². The van der Waals surface area contributed by atoms with Crippen LogP contribution in [-0.4, -0.2) is 18.5 Å². The van der Waals surface area contributed by atoms with Crippen LogP contribution in [0.5, 0.6) is 0 Å². The molecule has 15 heavy (non-hydrogen) atoms. The lowest BCUT2D eigenvalue weighted by atomic mass is 10.0. The fraction of sp³-hybridized carbons (Fsp3) is 1.00. The van der Waals surface area contributed by atoms with Gasteiger partial charge < -0.3 is 9.05 Å². The van der Waals surface area contributed by atoms with E-state index in [9.17, 15) is 4.57 Å². The molecule has 0 amide bonds. The number of rotatable bonds is 6. The van der Waals surface area contributed by atoms with E-state index in [0.29, 0.717) is 18.5 Å². The van der Waals surface area contributed by atoms with Crippen molar-refractivity contribution in [2.45, 2.75) is 51.2 Å². The molecular formula is C10H21O3PS. The summed E-state index contributed by atoms with van der Waals surface area (Å²) in [4.78, 5) is 0. The molecule has 0 heterocycles. The van der Waals surface area contributed by atoms with Crippen LogP contribution in [0, 0.1) is 0 Å². The van der Waals surface area contributed by atoms with Crippen molar-refractivity contribution < 1.29 is 13.6 Å². The van der Waals surface area contributed by atoms with Crippen LogP contribution in [0.15, 0.2) is 0 Å². The zero-order valence-electron chi connectivity index (χ0n) is 9.61. The highest BCUT2D eigenvalue weighted by Crippen LogP contribution is 2.63. The molecule has 0 N–H and O–H groups in total. The molecule has 1 rings (SSSR count). The quantitative estimate of drug-likeness (QED) is 0.662. The summed E-state index contributed by atoms with van der Waals surface area (Å²) in [6.45, 7) is 1.75. The van der Waals surface area contributed by atoms with E-state index in [-0.39, 0.29) is 0 Å². The zero-order valence-corrected chi connectivity index (χ0v) is 11.3. The topological polar surface area (TPSA) is 35.5 Å². The SMILES string of the molecule is CCOP(=O)(OCC)SC1CCCCC1. The van der Waals surface area contributed by atoms with Crippen molar-refractivity contribution in [1.82, 2.24) is 0 Å². The minimum absolute atomic E-state index is 0.455. The number of hydrogen-bond donors (Lipinski definition) is 0. The molecule has 1 fully saturated rings. The minimum Gasteiger partial charge on any atom is -0.301 e. The maximum Gasteiger partial charge on any atom is 0.389 e. The van der Waals surface area contributed by atoms with E-state index in [0.717, 1.165) is 12.8 Å². The summed E-state index contributed by atoms with van der Waals surface area (Å²) in [6, 6.07) is 0. The van der Waals surface area contributed by atoms with E-state index in [1.165, 1.54) is 30.6 Å². The molecule has 0 atom stereocenters. The molecule has 1 saturated carbocycles. The highest BCUT2D eigenvalue weighted by Gasteiger charge is 2.30. The minimum atomic E-state index is -2.87. The average Bonchev–Trinajstić information content (AvgIpc) is 2.19. The average molecular weight is 252 g/mol. The van der Waals surface area contributed by atoms with Crippen molar-refractivity contribution in [3.8, 4) is 0 Å². The Morgan fingerprint density at radius 3 is 2.13 bits per heavy atom. The van der Waals surface area contributed by atoms with Gasteiger partial charge in [-0.1, -0.05) is 19.3 Å². The van der Waals surface area contributed by atoms with Gasteiger partial charge in [-0.25, -0.2) is 4.57 Å². The van der Waals surface area contributed by atoms with Gasteiger partial charge in [0, 0.05) is 5.25 Å². The van der Waals surface area contributed by atoms with Gasteiger partial charge in [0.25, 0.3) is 0 Å². The van der Waals surface area contributed by atoms with Crippen molar-refractivity contribution in [2.24, 2.45) is 0 Å².